The number of likely N-dealkylation sites (N-methyl/N-ethyl adjacent to an activating group) is 2. The highest BCUT2D eigenvalue weighted by atomic mass is 35.5. The second kappa shape index (κ2) is 13.0. The number of hydrogen-bond acceptors (Lipinski definition) is 4. The van der Waals surface area contributed by atoms with E-state index in [1.807, 2.05) is 51.5 Å². The molecule has 0 bridgehead atoms. The van der Waals surface area contributed by atoms with E-state index in [9.17, 15) is 9.59 Å². The zero-order valence-electron chi connectivity index (χ0n) is 23.5. The molecule has 0 aliphatic carbocycles. The number of amides is 2. The average molecular weight is 576 g/mol. The summed E-state index contributed by atoms with van der Waals surface area (Å²) in [7, 11) is 5.61. The van der Waals surface area contributed by atoms with Crippen molar-refractivity contribution in [3.63, 3.8) is 0 Å². The number of carbonyl (C=O) groups is 2. The maximum absolute atomic E-state index is 13.9. The third-order valence-corrected chi connectivity index (χ3v) is 9.60. The lowest BCUT2D eigenvalue weighted by atomic mass is 9.79. The quantitative estimate of drug-likeness (QED) is 0.435. The molecule has 3 heterocycles. The van der Waals surface area contributed by atoms with Crippen molar-refractivity contribution in [2.24, 2.45) is 0 Å². The van der Waals surface area contributed by atoms with Gasteiger partial charge in [-0.2, -0.15) is 0 Å². The average Bonchev–Trinajstić information content (AvgIpc) is 2.97. The Hall–Kier alpha value is -2.19. The predicted molar refractivity (Wildman–Crippen MR) is 157 cm³/mol. The number of pyridine rings is 1. The van der Waals surface area contributed by atoms with E-state index in [4.69, 9.17) is 23.2 Å². The summed E-state index contributed by atoms with van der Waals surface area (Å²) in [5, 5.41) is 4.52. The van der Waals surface area contributed by atoms with Crippen LogP contribution in [0.2, 0.25) is 10.0 Å². The molecule has 1 aromatic carbocycles. The molecule has 2 amide bonds. The Labute approximate surface area is 243 Å². The minimum Gasteiger partial charge on any atom is -0.343 e. The molecule has 0 saturated carbocycles. The summed E-state index contributed by atoms with van der Waals surface area (Å²) in [6, 6.07) is 11.2. The Bertz CT molecular complexity index is 1130. The first-order chi connectivity index (χ1) is 18.7. The van der Waals surface area contributed by atoms with E-state index in [-0.39, 0.29) is 17.7 Å². The van der Waals surface area contributed by atoms with Crippen LogP contribution in [0.1, 0.15) is 60.5 Å². The van der Waals surface area contributed by atoms with Gasteiger partial charge in [-0.3, -0.25) is 14.6 Å². The van der Waals surface area contributed by atoms with Crippen molar-refractivity contribution in [2.45, 2.75) is 50.0 Å². The van der Waals surface area contributed by atoms with E-state index >= 15 is 0 Å². The Balaban J connectivity index is 1.65. The van der Waals surface area contributed by atoms with Crippen molar-refractivity contribution in [3.05, 3.63) is 63.9 Å². The van der Waals surface area contributed by atoms with Crippen molar-refractivity contribution in [3.8, 4) is 0 Å². The van der Waals surface area contributed by atoms with Gasteiger partial charge in [0.25, 0.3) is 11.8 Å². The molecule has 2 aliphatic rings. The monoisotopic (exact) mass is 574 g/mol. The molecule has 0 radical (unpaired) electrons. The van der Waals surface area contributed by atoms with Crippen LogP contribution >= 0.6 is 23.2 Å². The summed E-state index contributed by atoms with van der Waals surface area (Å²) < 4.78 is 0.821. The molecular formula is C30H42Cl2N5O2+. The molecule has 1 unspecified atom stereocenters. The van der Waals surface area contributed by atoms with Crippen molar-refractivity contribution < 1.29 is 14.1 Å². The van der Waals surface area contributed by atoms with Crippen LogP contribution in [-0.4, -0.2) is 97.0 Å². The number of aromatic nitrogens is 1. The molecule has 2 aromatic rings. The largest absolute Gasteiger partial charge is 0.343 e. The maximum atomic E-state index is 13.9. The fourth-order valence-electron chi connectivity index (χ4n) is 6.76. The Kier molecular flexibility index (Phi) is 9.92. The first-order valence-corrected chi connectivity index (χ1v) is 14.8. The van der Waals surface area contributed by atoms with Gasteiger partial charge in [0.2, 0.25) is 0 Å². The van der Waals surface area contributed by atoms with Gasteiger partial charge in [0.05, 0.1) is 29.7 Å². The molecule has 2 aliphatic heterocycles. The van der Waals surface area contributed by atoms with Crippen LogP contribution in [0.5, 0.6) is 0 Å². The Morgan fingerprint density at radius 3 is 2.36 bits per heavy atom. The smallest absolute Gasteiger partial charge is 0.283 e. The molecule has 0 spiro atoms. The first kappa shape index (κ1) is 29.8. The van der Waals surface area contributed by atoms with Crippen molar-refractivity contribution in [1.29, 1.82) is 0 Å². The normalized spacial score (nSPS) is 19.2. The highest BCUT2D eigenvalue weighted by Crippen LogP contribution is 2.40. The Morgan fingerprint density at radius 2 is 1.74 bits per heavy atom. The molecule has 1 atom stereocenters. The molecule has 9 heteroatoms. The number of hydrogen-bond donors (Lipinski definition) is 1. The molecular weight excluding hydrogens is 533 g/mol. The molecule has 2 fully saturated rings. The number of piperidine rings is 2. The van der Waals surface area contributed by atoms with Crippen molar-refractivity contribution in [2.75, 3.05) is 60.4 Å². The van der Waals surface area contributed by atoms with Gasteiger partial charge in [0, 0.05) is 72.2 Å². The highest BCUT2D eigenvalue weighted by molar-refractivity contribution is 6.42. The van der Waals surface area contributed by atoms with Crippen LogP contribution in [0, 0.1) is 0 Å². The van der Waals surface area contributed by atoms with Crippen LogP contribution in [0.3, 0.4) is 0 Å². The summed E-state index contributed by atoms with van der Waals surface area (Å²) in [6.07, 6.45) is 7.63. The third kappa shape index (κ3) is 6.43. The van der Waals surface area contributed by atoms with Crippen molar-refractivity contribution in [1.82, 2.24) is 20.1 Å². The molecule has 1 N–H and O–H groups in total. The number of halogens is 2. The summed E-state index contributed by atoms with van der Waals surface area (Å²) in [5.41, 5.74) is 1.06. The van der Waals surface area contributed by atoms with Crippen molar-refractivity contribution >= 4 is 35.0 Å². The van der Waals surface area contributed by atoms with E-state index in [0.29, 0.717) is 22.3 Å². The number of nitrogens with one attached hydrogen (secondary N) is 1. The third-order valence-electron chi connectivity index (χ3n) is 8.86. The summed E-state index contributed by atoms with van der Waals surface area (Å²) in [6.45, 7) is 5.13. The number of nitrogens with zero attached hydrogens (tertiary/aromatic N) is 4. The van der Waals surface area contributed by atoms with Gasteiger partial charge in [-0.05, 0) is 49.1 Å². The zero-order chi connectivity index (χ0) is 28.0. The maximum Gasteiger partial charge on any atom is 0.283 e. The van der Waals surface area contributed by atoms with Crippen LogP contribution in [-0.2, 0) is 4.79 Å². The van der Waals surface area contributed by atoms with Crippen LogP contribution in [0.4, 0.5) is 0 Å². The Morgan fingerprint density at radius 1 is 1.03 bits per heavy atom. The number of rotatable bonds is 9. The molecule has 4 rings (SSSR count). The molecule has 7 nitrogen and oxygen atoms in total. The zero-order valence-corrected chi connectivity index (χ0v) is 25.0. The molecule has 2 saturated heterocycles. The lowest BCUT2D eigenvalue weighted by Gasteiger charge is -2.56. The lowest BCUT2D eigenvalue weighted by molar-refractivity contribution is -0.972. The van der Waals surface area contributed by atoms with Gasteiger partial charge in [0.15, 0.2) is 5.54 Å². The van der Waals surface area contributed by atoms with Crippen LogP contribution in [0.15, 0.2) is 42.6 Å². The molecule has 1 aromatic heterocycles. The highest BCUT2D eigenvalue weighted by Gasteiger charge is 2.57. The molecule has 212 valence electrons. The second-order valence-electron chi connectivity index (χ2n) is 11.4. The number of carbonyl (C=O) groups excluding carboxylic acids is 2. The fourth-order valence-corrected chi connectivity index (χ4v) is 7.07. The van der Waals surface area contributed by atoms with Gasteiger partial charge in [-0.25, -0.2) is 0 Å². The summed E-state index contributed by atoms with van der Waals surface area (Å²) >= 11 is 12.7. The summed E-state index contributed by atoms with van der Waals surface area (Å²) in [4.78, 5) is 35.0. The topological polar surface area (TPSA) is 65.5 Å². The number of likely N-dealkylation sites (tertiary alicyclic amines) is 1. The lowest BCUT2D eigenvalue weighted by Crippen LogP contribution is -2.74. The van der Waals surface area contributed by atoms with Gasteiger partial charge >= 0.3 is 0 Å². The van der Waals surface area contributed by atoms with Gasteiger partial charge < -0.3 is 19.6 Å². The number of quaternary nitrogens is 1. The van der Waals surface area contributed by atoms with E-state index in [1.54, 1.807) is 22.1 Å². The second-order valence-corrected chi connectivity index (χ2v) is 12.2. The standard InChI is InChI=1S/C30H42Cl2N5O2/c1-35(2)29(39)30(13-16-33-17-14-30)37(18-7-4-8-19-37)20-12-24(23-10-11-25(31)26(32)21-23)22-36(3)28(38)27-9-5-6-15-34-27/h5-6,9-11,15,21,24,33H,4,7-8,12-14,16-20,22H2,1-3H3/q+1. The van der Waals surface area contributed by atoms with E-state index in [2.05, 4.69) is 10.3 Å². The van der Waals surface area contributed by atoms with Gasteiger partial charge in [-0.1, -0.05) is 35.3 Å². The number of benzene rings is 1. The minimum atomic E-state index is -0.424. The predicted octanol–water partition coefficient (Wildman–Crippen LogP) is 4.85. The first-order valence-electron chi connectivity index (χ1n) is 14.1. The van der Waals surface area contributed by atoms with Crippen LogP contribution in [0.25, 0.3) is 0 Å². The van der Waals surface area contributed by atoms with E-state index < -0.39 is 5.54 Å². The summed E-state index contributed by atoms with van der Waals surface area (Å²) in [5.74, 6) is 0.169. The fraction of sp³-hybridized carbons (Fsp3) is 0.567. The molecule has 39 heavy (non-hydrogen) atoms. The van der Waals surface area contributed by atoms with Crippen LogP contribution < -0.4 is 5.32 Å². The van der Waals surface area contributed by atoms with Gasteiger partial charge in [0.1, 0.15) is 5.69 Å². The van der Waals surface area contributed by atoms with Gasteiger partial charge in [-0.15, -0.1) is 0 Å². The minimum absolute atomic E-state index is 0.0302. The van der Waals surface area contributed by atoms with E-state index in [0.717, 1.165) is 74.9 Å². The SMILES string of the molecule is CN(C)C(=O)C1([N+]2(CCC(CN(C)C(=O)c3ccccn3)c3ccc(Cl)c(Cl)c3)CCCCC2)CCNCC1. The van der Waals surface area contributed by atoms with E-state index in [1.165, 1.54) is 6.42 Å².